The van der Waals surface area contributed by atoms with Gasteiger partial charge in [0.15, 0.2) is 0 Å². The Morgan fingerprint density at radius 2 is 2.26 bits per heavy atom. The van der Waals surface area contributed by atoms with Gasteiger partial charge in [0, 0.05) is 6.54 Å². The molecule has 19 heavy (non-hydrogen) atoms. The van der Waals surface area contributed by atoms with Gasteiger partial charge in [0.1, 0.15) is 12.4 Å². The number of rotatable bonds is 7. The van der Waals surface area contributed by atoms with Gasteiger partial charge in [-0.05, 0) is 18.6 Å². The van der Waals surface area contributed by atoms with Crippen LogP contribution in [0.4, 0.5) is 0 Å². The summed E-state index contributed by atoms with van der Waals surface area (Å²) in [6.45, 7) is 3.30. The molecule has 102 valence electrons. The largest absolute Gasteiger partial charge is 0.368 e. The molecular weight excluding hydrogens is 244 g/mol. The van der Waals surface area contributed by atoms with Crippen LogP contribution in [0.5, 0.6) is 0 Å². The summed E-state index contributed by atoms with van der Waals surface area (Å²) in [7, 11) is 0. The number of hydrogen-bond acceptors (Lipinski definition) is 4. The molecular formula is C13H18N4O2. The highest BCUT2D eigenvalue weighted by Crippen LogP contribution is 2.16. The molecule has 1 aromatic carbocycles. The van der Waals surface area contributed by atoms with E-state index >= 15 is 0 Å². The Balaban J connectivity index is 2.12. The molecule has 1 amide bonds. The van der Waals surface area contributed by atoms with Crippen LogP contribution in [0.25, 0.3) is 11.0 Å². The Kier molecular flexibility index (Phi) is 4.48. The smallest absolute Gasteiger partial charge is 0.245 e. The molecule has 0 bridgehead atoms. The molecule has 0 atom stereocenters. The maximum atomic E-state index is 10.6. The molecule has 3 N–H and O–H groups in total. The third-order valence-corrected chi connectivity index (χ3v) is 2.73. The van der Waals surface area contributed by atoms with Gasteiger partial charge in [-0.3, -0.25) is 9.63 Å². The lowest BCUT2D eigenvalue weighted by atomic mass is 10.3. The van der Waals surface area contributed by atoms with Crippen LogP contribution in [0, 0.1) is 0 Å². The fraction of sp³-hybridized carbons (Fsp3) is 0.385. The highest BCUT2D eigenvalue weighted by Gasteiger charge is 2.09. The van der Waals surface area contributed by atoms with Gasteiger partial charge in [0.2, 0.25) is 5.91 Å². The van der Waals surface area contributed by atoms with Crippen molar-refractivity contribution >= 4 is 16.9 Å². The third-order valence-electron chi connectivity index (χ3n) is 2.73. The van der Waals surface area contributed by atoms with Gasteiger partial charge in [-0.1, -0.05) is 19.1 Å². The number of aromatic nitrogens is 2. The average Bonchev–Trinajstić information content (AvgIpc) is 2.74. The first-order valence-corrected chi connectivity index (χ1v) is 6.29. The standard InChI is InChI=1S/C13H18N4O2/c1-2-7-17-11-6-4-3-5-10(11)16-13(17)8-15-19-9-12(14)18/h3-6,15H,2,7-9H2,1H3,(H2,14,18). The topological polar surface area (TPSA) is 82.2 Å². The van der Waals surface area contributed by atoms with E-state index in [4.69, 9.17) is 10.6 Å². The SMILES string of the molecule is CCCn1c(CNOCC(N)=O)nc2ccccc21. The van der Waals surface area contributed by atoms with Crippen molar-refractivity contribution in [2.75, 3.05) is 6.61 Å². The molecule has 0 spiro atoms. The van der Waals surface area contributed by atoms with E-state index in [0.717, 1.165) is 29.8 Å². The predicted molar refractivity (Wildman–Crippen MR) is 72.0 cm³/mol. The maximum absolute atomic E-state index is 10.6. The van der Waals surface area contributed by atoms with Gasteiger partial charge >= 0.3 is 0 Å². The number of amides is 1. The summed E-state index contributed by atoms with van der Waals surface area (Å²) < 4.78 is 2.15. The number of aryl methyl sites for hydroxylation is 1. The van der Waals surface area contributed by atoms with Crippen LogP contribution in [-0.4, -0.2) is 22.1 Å². The van der Waals surface area contributed by atoms with Crippen molar-refractivity contribution in [1.29, 1.82) is 0 Å². The number of nitrogens with zero attached hydrogens (tertiary/aromatic N) is 2. The van der Waals surface area contributed by atoms with Gasteiger partial charge < -0.3 is 10.3 Å². The number of primary amides is 1. The molecule has 0 aliphatic carbocycles. The lowest BCUT2D eigenvalue weighted by Crippen LogP contribution is -2.25. The van der Waals surface area contributed by atoms with Crippen molar-refractivity contribution in [2.24, 2.45) is 5.73 Å². The molecule has 0 aliphatic heterocycles. The van der Waals surface area contributed by atoms with E-state index in [0.29, 0.717) is 6.54 Å². The van der Waals surface area contributed by atoms with Crippen LogP contribution >= 0.6 is 0 Å². The van der Waals surface area contributed by atoms with E-state index in [1.54, 1.807) is 0 Å². The second-order valence-corrected chi connectivity index (χ2v) is 4.24. The highest BCUT2D eigenvalue weighted by molar-refractivity contribution is 5.76. The van der Waals surface area contributed by atoms with E-state index in [1.807, 2.05) is 24.3 Å². The van der Waals surface area contributed by atoms with Crippen LogP contribution in [0.15, 0.2) is 24.3 Å². The molecule has 1 aromatic heterocycles. The number of carbonyl (C=O) groups excluding carboxylic acids is 1. The minimum Gasteiger partial charge on any atom is -0.368 e. The quantitative estimate of drug-likeness (QED) is 0.575. The number of nitrogens with one attached hydrogen (secondary N) is 1. The first kappa shape index (κ1) is 13.5. The van der Waals surface area contributed by atoms with Gasteiger partial charge in [-0.2, -0.15) is 5.48 Å². The van der Waals surface area contributed by atoms with Crippen LogP contribution in [-0.2, 0) is 22.7 Å². The van der Waals surface area contributed by atoms with Crippen LogP contribution < -0.4 is 11.2 Å². The monoisotopic (exact) mass is 262 g/mol. The maximum Gasteiger partial charge on any atom is 0.245 e. The van der Waals surface area contributed by atoms with Gasteiger partial charge in [-0.25, -0.2) is 4.98 Å². The van der Waals surface area contributed by atoms with Gasteiger partial charge in [0.25, 0.3) is 0 Å². The molecule has 1 heterocycles. The number of imidazole rings is 1. The van der Waals surface area contributed by atoms with E-state index in [9.17, 15) is 4.79 Å². The molecule has 6 heteroatoms. The van der Waals surface area contributed by atoms with Crippen molar-refractivity contribution in [3.05, 3.63) is 30.1 Å². The molecule has 0 aliphatic rings. The molecule has 2 aromatic rings. The zero-order valence-electron chi connectivity index (χ0n) is 10.9. The minimum atomic E-state index is -0.505. The Morgan fingerprint density at radius 3 is 3.00 bits per heavy atom. The van der Waals surface area contributed by atoms with Crippen molar-refractivity contribution in [1.82, 2.24) is 15.0 Å². The summed E-state index contributed by atoms with van der Waals surface area (Å²) in [5.74, 6) is 0.377. The van der Waals surface area contributed by atoms with Crippen molar-refractivity contribution in [3.63, 3.8) is 0 Å². The number of hydrogen-bond donors (Lipinski definition) is 2. The van der Waals surface area contributed by atoms with E-state index in [-0.39, 0.29) is 6.61 Å². The first-order valence-electron chi connectivity index (χ1n) is 6.29. The average molecular weight is 262 g/mol. The van der Waals surface area contributed by atoms with Crippen molar-refractivity contribution in [3.8, 4) is 0 Å². The Bertz CT molecular complexity index is 565. The summed E-state index contributed by atoms with van der Waals surface area (Å²) in [4.78, 5) is 20.1. The number of hydroxylamine groups is 1. The lowest BCUT2D eigenvalue weighted by Gasteiger charge is -2.08. The summed E-state index contributed by atoms with van der Waals surface area (Å²) in [5, 5.41) is 0. The second kappa shape index (κ2) is 6.31. The summed E-state index contributed by atoms with van der Waals surface area (Å²) in [6, 6.07) is 7.99. The highest BCUT2D eigenvalue weighted by atomic mass is 16.6. The fourth-order valence-corrected chi connectivity index (χ4v) is 1.97. The van der Waals surface area contributed by atoms with Crippen LogP contribution in [0.3, 0.4) is 0 Å². The molecule has 0 unspecified atom stereocenters. The zero-order valence-corrected chi connectivity index (χ0v) is 10.9. The van der Waals surface area contributed by atoms with Gasteiger partial charge in [-0.15, -0.1) is 0 Å². The summed E-state index contributed by atoms with van der Waals surface area (Å²) >= 11 is 0. The first-order chi connectivity index (χ1) is 9.22. The zero-order chi connectivity index (χ0) is 13.7. The number of para-hydroxylation sites is 2. The Hall–Kier alpha value is -1.92. The van der Waals surface area contributed by atoms with Crippen LogP contribution in [0.2, 0.25) is 0 Å². The molecule has 0 saturated heterocycles. The lowest BCUT2D eigenvalue weighted by molar-refractivity contribution is -0.125. The summed E-state index contributed by atoms with van der Waals surface area (Å²) in [5.41, 5.74) is 9.76. The molecule has 0 fully saturated rings. The normalized spacial score (nSPS) is 11.0. The number of carbonyl (C=O) groups is 1. The number of fused-ring (bicyclic) bond motifs is 1. The van der Waals surface area contributed by atoms with E-state index in [2.05, 4.69) is 22.0 Å². The Morgan fingerprint density at radius 1 is 1.47 bits per heavy atom. The second-order valence-electron chi connectivity index (χ2n) is 4.24. The summed E-state index contributed by atoms with van der Waals surface area (Å²) in [6.07, 6.45) is 1.02. The van der Waals surface area contributed by atoms with Gasteiger partial charge in [0.05, 0.1) is 17.6 Å². The van der Waals surface area contributed by atoms with E-state index in [1.165, 1.54) is 0 Å². The molecule has 6 nitrogen and oxygen atoms in total. The number of nitrogens with two attached hydrogens (primary N) is 1. The fourth-order valence-electron chi connectivity index (χ4n) is 1.97. The predicted octanol–water partition coefficient (Wildman–Crippen LogP) is 0.953. The van der Waals surface area contributed by atoms with Crippen molar-refractivity contribution in [2.45, 2.75) is 26.4 Å². The third kappa shape index (κ3) is 3.30. The molecule has 0 saturated carbocycles. The molecule has 2 rings (SSSR count). The number of benzene rings is 1. The van der Waals surface area contributed by atoms with E-state index < -0.39 is 5.91 Å². The van der Waals surface area contributed by atoms with Crippen molar-refractivity contribution < 1.29 is 9.63 Å². The van der Waals surface area contributed by atoms with Crippen LogP contribution in [0.1, 0.15) is 19.2 Å². The minimum absolute atomic E-state index is 0.145. The molecule has 0 radical (unpaired) electrons. The Labute approximate surface area is 111 Å².